The Hall–Kier alpha value is 0.0200. The molecule has 0 spiro atoms. The number of hydrogen-bond acceptors (Lipinski definition) is 2. The van der Waals surface area contributed by atoms with Crippen molar-refractivity contribution in [3.05, 3.63) is 0 Å². The Morgan fingerprint density at radius 3 is 2.50 bits per heavy atom. The first-order chi connectivity index (χ1) is 5.70. The van der Waals surface area contributed by atoms with Crippen LogP contribution in [0.1, 0.15) is 46.0 Å². The van der Waals surface area contributed by atoms with Crippen molar-refractivity contribution in [2.45, 2.75) is 52.1 Å². The molecule has 0 saturated heterocycles. The highest BCUT2D eigenvalue weighted by molar-refractivity contribution is 7.32. The fraction of sp³-hybridized carbons (Fsp3) is 1.00. The van der Waals surface area contributed by atoms with E-state index >= 15 is 0 Å². The summed E-state index contributed by atoms with van der Waals surface area (Å²) in [5, 5.41) is 0. The Morgan fingerprint density at radius 1 is 1.42 bits per heavy atom. The Kier molecular flexibility index (Phi) is 7.67. The fourth-order valence-electron chi connectivity index (χ4n) is 1.08. The van der Waals surface area contributed by atoms with Crippen LogP contribution in [0.25, 0.3) is 0 Å². The van der Waals surface area contributed by atoms with Gasteiger partial charge in [0.25, 0.3) is 0 Å². The van der Waals surface area contributed by atoms with E-state index in [4.69, 9.17) is 9.42 Å². The highest BCUT2D eigenvalue weighted by Crippen LogP contribution is 2.23. The van der Waals surface area contributed by atoms with Crippen molar-refractivity contribution in [2.24, 2.45) is 0 Å². The standard InChI is InChI=1S/C8H17O3P/c1-3-5-6-7-8(4-2)11-12(9)10/h8H,3-7H2,1-2H3/p+1. The molecule has 2 atom stereocenters. The summed E-state index contributed by atoms with van der Waals surface area (Å²) < 4.78 is 15.1. The van der Waals surface area contributed by atoms with Gasteiger partial charge in [-0.05, 0) is 12.8 Å². The molecular formula is C8H18O3P+. The van der Waals surface area contributed by atoms with Gasteiger partial charge in [-0.15, -0.1) is 9.42 Å². The molecular weight excluding hydrogens is 175 g/mol. The molecule has 4 heteroatoms. The predicted molar refractivity (Wildman–Crippen MR) is 49.1 cm³/mol. The molecule has 0 radical (unpaired) electrons. The van der Waals surface area contributed by atoms with Crippen LogP contribution in [0.3, 0.4) is 0 Å². The second-order valence-electron chi connectivity index (χ2n) is 2.87. The number of rotatable bonds is 7. The molecule has 0 fully saturated rings. The van der Waals surface area contributed by atoms with Gasteiger partial charge in [0, 0.05) is 4.57 Å². The lowest BCUT2D eigenvalue weighted by atomic mass is 10.1. The third kappa shape index (κ3) is 6.71. The zero-order chi connectivity index (χ0) is 9.40. The summed E-state index contributed by atoms with van der Waals surface area (Å²) in [5.41, 5.74) is 0. The largest absolute Gasteiger partial charge is 0.694 e. The van der Waals surface area contributed by atoms with Gasteiger partial charge in [0.15, 0.2) is 0 Å². The van der Waals surface area contributed by atoms with E-state index in [0.717, 1.165) is 19.3 Å². The smallest absolute Gasteiger partial charge is 0.133 e. The first-order valence-corrected chi connectivity index (χ1v) is 5.66. The maximum Gasteiger partial charge on any atom is 0.694 e. The summed E-state index contributed by atoms with van der Waals surface area (Å²) in [6.45, 7) is 4.10. The topological polar surface area (TPSA) is 46.5 Å². The van der Waals surface area contributed by atoms with Gasteiger partial charge in [-0.2, -0.15) is 0 Å². The minimum Gasteiger partial charge on any atom is -0.133 e. The molecule has 0 aliphatic heterocycles. The van der Waals surface area contributed by atoms with E-state index in [1.807, 2.05) is 6.92 Å². The van der Waals surface area contributed by atoms with Gasteiger partial charge in [-0.25, -0.2) is 0 Å². The van der Waals surface area contributed by atoms with Gasteiger partial charge in [-0.3, -0.25) is 0 Å². The summed E-state index contributed by atoms with van der Waals surface area (Å²) in [5.74, 6) is 0. The molecule has 0 aliphatic rings. The quantitative estimate of drug-likeness (QED) is 0.499. The number of hydrogen-bond donors (Lipinski definition) is 1. The molecule has 0 saturated carbocycles. The molecule has 0 aromatic carbocycles. The summed E-state index contributed by atoms with van der Waals surface area (Å²) >= 11 is 0. The van der Waals surface area contributed by atoms with Gasteiger partial charge < -0.3 is 0 Å². The zero-order valence-electron chi connectivity index (χ0n) is 7.82. The molecule has 0 heterocycles. The number of unbranched alkanes of at least 4 members (excludes halogenated alkanes) is 2. The summed E-state index contributed by atoms with van der Waals surface area (Å²) in [6, 6.07) is 0. The van der Waals surface area contributed by atoms with E-state index in [1.54, 1.807) is 0 Å². The Balaban J connectivity index is 3.46. The third-order valence-electron chi connectivity index (χ3n) is 1.82. The third-order valence-corrected chi connectivity index (χ3v) is 2.30. The van der Waals surface area contributed by atoms with Crippen LogP contribution < -0.4 is 0 Å². The molecule has 12 heavy (non-hydrogen) atoms. The Labute approximate surface area is 75.1 Å². The van der Waals surface area contributed by atoms with Crippen LogP contribution in [0.4, 0.5) is 0 Å². The fourth-order valence-corrected chi connectivity index (χ4v) is 1.59. The summed E-state index contributed by atoms with van der Waals surface area (Å²) in [4.78, 5) is 8.50. The maximum atomic E-state index is 10.3. The van der Waals surface area contributed by atoms with Gasteiger partial charge >= 0.3 is 8.25 Å². The zero-order valence-corrected chi connectivity index (χ0v) is 8.72. The summed E-state index contributed by atoms with van der Waals surface area (Å²) in [6.07, 6.45) is 5.09. The SMILES string of the molecule is CCCCCC(CC)O[P+](=O)O. The lowest BCUT2D eigenvalue weighted by Crippen LogP contribution is -2.06. The van der Waals surface area contributed by atoms with Crippen molar-refractivity contribution < 1.29 is 14.0 Å². The highest BCUT2D eigenvalue weighted by atomic mass is 31.1. The van der Waals surface area contributed by atoms with Crippen LogP contribution in [0.15, 0.2) is 0 Å². The van der Waals surface area contributed by atoms with Crippen LogP contribution >= 0.6 is 8.25 Å². The molecule has 0 amide bonds. The van der Waals surface area contributed by atoms with E-state index in [-0.39, 0.29) is 6.10 Å². The minimum atomic E-state index is -2.42. The average Bonchev–Trinajstić information content (AvgIpc) is 2.02. The van der Waals surface area contributed by atoms with E-state index < -0.39 is 8.25 Å². The molecule has 2 unspecified atom stereocenters. The molecule has 0 aromatic rings. The lowest BCUT2D eigenvalue weighted by Gasteiger charge is -2.05. The second-order valence-corrected chi connectivity index (χ2v) is 3.56. The van der Waals surface area contributed by atoms with Crippen LogP contribution in [-0.4, -0.2) is 11.0 Å². The summed E-state index contributed by atoms with van der Waals surface area (Å²) in [7, 11) is -2.42. The van der Waals surface area contributed by atoms with Crippen LogP contribution in [0.2, 0.25) is 0 Å². The molecule has 0 aliphatic carbocycles. The van der Waals surface area contributed by atoms with Crippen molar-refractivity contribution in [2.75, 3.05) is 0 Å². The van der Waals surface area contributed by atoms with E-state index in [9.17, 15) is 4.57 Å². The first-order valence-electron chi connectivity index (χ1n) is 4.53. The minimum absolute atomic E-state index is 0.0369. The van der Waals surface area contributed by atoms with Gasteiger partial charge in [0.05, 0.1) is 0 Å². The van der Waals surface area contributed by atoms with E-state index in [0.29, 0.717) is 0 Å². The van der Waals surface area contributed by atoms with Gasteiger partial charge in [-0.1, -0.05) is 33.1 Å². The molecule has 0 aromatic heterocycles. The van der Waals surface area contributed by atoms with Crippen LogP contribution in [0.5, 0.6) is 0 Å². The van der Waals surface area contributed by atoms with Crippen molar-refractivity contribution in [1.82, 2.24) is 0 Å². The van der Waals surface area contributed by atoms with E-state index in [1.165, 1.54) is 12.8 Å². The van der Waals surface area contributed by atoms with Gasteiger partial charge in [0.1, 0.15) is 6.10 Å². The van der Waals surface area contributed by atoms with Crippen LogP contribution in [-0.2, 0) is 9.09 Å². The second kappa shape index (κ2) is 7.66. The van der Waals surface area contributed by atoms with Crippen molar-refractivity contribution in [3.8, 4) is 0 Å². The Bertz CT molecular complexity index is 127. The molecule has 72 valence electrons. The monoisotopic (exact) mass is 193 g/mol. The normalized spacial score (nSPS) is 14.4. The molecule has 0 bridgehead atoms. The Morgan fingerprint density at radius 2 is 2.08 bits per heavy atom. The van der Waals surface area contributed by atoms with Crippen molar-refractivity contribution in [1.29, 1.82) is 0 Å². The lowest BCUT2D eigenvalue weighted by molar-refractivity contribution is 0.171. The first kappa shape index (κ1) is 12.0. The molecule has 3 nitrogen and oxygen atoms in total. The maximum absolute atomic E-state index is 10.3. The van der Waals surface area contributed by atoms with Gasteiger partial charge in [0.2, 0.25) is 0 Å². The average molecular weight is 193 g/mol. The molecule has 1 N–H and O–H groups in total. The van der Waals surface area contributed by atoms with Crippen LogP contribution in [0, 0.1) is 0 Å². The van der Waals surface area contributed by atoms with Crippen molar-refractivity contribution in [3.63, 3.8) is 0 Å². The highest BCUT2D eigenvalue weighted by Gasteiger charge is 2.20. The predicted octanol–water partition coefficient (Wildman–Crippen LogP) is 3.01. The van der Waals surface area contributed by atoms with Crippen molar-refractivity contribution >= 4 is 8.25 Å². The molecule has 0 rings (SSSR count). The van der Waals surface area contributed by atoms with E-state index in [2.05, 4.69) is 6.92 Å².